The van der Waals surface area contributed by atoms with Crippen molar-refractivity contribution in [2.75, 3.05) is 6.61 Å². The van der Waals surface area contributed by atoms with E-state index < -0.39 is 5.97 Å². The van der Waals surface area contributed by atoms with Gasteiger partial charge >= 0.3 is 5.97 Å². The fraction of sp³-hybridized carbons (Fsp3) is 0.300. The van der Waals surface area contributed by atoms with Gasteiger partial charge in [-0.15, -0.1) is 12.6 Å². The summed E-state index contributed by atoms with van der Waals surface area (Å²) < 4.78 is 0. The summed E-state index contributed by atoms with van der Waals surface area (Å²) in [5.74, 6) is -0.808. The molecular formula is C10H14O3S. The summed E-state index contributed by atoms with van der Waals surface area (Å²) in [5.41, 5.74) is 0.801. The van der Waals surface area contributed by atoms with Crippen molar-refractivity contribution in [2.45, 2.75) is 18.2 Å². The van der Waals surface area contributed by atoms with Crippen molar-refractivity contribution >= 4 is 18.6 Å². The monoisotopic (exact) mass is 214 g/mol. The lowest BCUT2D eigenvalue weighted by atomic mass is 10.2. The molecule has 4 heteroatoms. The van der Waals surface area contributed by atoms with E-state index in [4.69, 9.17) is 10.2 Å². The van der Waals surface area contributed by atoms with Crippen LogP contribution in [0.3, 0.4) is 0 Å². The van der Waals surface area contributed by atoms with E-state index in [-0.39, 0.29) is 13.0 Å². The van der Waals surface area contributed by atoms with Crippen molar-refractivity contribution in [1.82, 2.24) is 0 Å². The number of aliphatic hydroxyl groups excluding tert-OH is 1. The third kappa shape index (κ3) is 6.51. The van der Waals surface area contributed by atoms with Gasteiger partial charge in [-0.25, -0.2) is 0 Å². The van der Waals surface area contributed by atoms with E-state index in [0.717, 1.165) is 10.5 Å². The Labute approximate surface area is 88.8 Å². The summed E-state index contributed by atoms with van der Waals surface area (Å²) in [6, 6.07) is 7.08. The molecule has 0 bridgehead atoms. The second-order valence-corrected chi connectivity index (χ2v) is 3.07. The first kappa shape index (κ1) is 13.0. The lowest BCUT2D eigenvalue weighted by molar-refractivity contribution is -0.136. The van der Waals surface area contributed by atoms with Crippen LogP contribution in [0.5, 0.6) is 0 Å². The Morgan fingerprint density at radius 3 is 2.14 bits per heavy atom. The summed E-state index contributed by atoms with van der Waals surface area (Å²) in [6.45, 7) is 1.93. The maximum Gasteiger partial charge on any atom is 0.307 e. The number of rotatable bonds is 2. The van der Waals surface area contributed by atoms with Crippen molar-refractivity contribution in [1.29, 1.82) is 0 Å². The lowest BCUT2D eigenvalue weighted by Gasteiger charge is -1.95. The molecular weight excluding hydrogens is 200 g/mol. The van der Waals surface area contributed by atoms with Gasteiger partial charge in [-0.1, -0.05) is 12.1 Å². The van der Waals surface area contributed by atoms with Crippen molar-refractivity contribution in [3.05, 3.63) is 29.8 Å². The van der Waals surface area contributed by atoms with Gasteiger partial charge in [0.05, 0.1) is 6.42 Å². The number of carboxylic acid groups (broad SMARTS) is 1. The van der Waals surface area contributed by atoms with E-state index >= 15 is 0 Å². The summed E-state index contributed by atoms with van der Waals surface area (Å²) in [4.78, 5) is 11.1. The number of carboxylic acids is 1. The maximum absolute atomic E-state index is 10.2. The van der Waals surface area contributed by atoms with Gasteiger partial charge in [-0.05, 0) is 24.6 Å². The first-order valence-electron chi connectivity index (χ1n) is 4.20. The Balaban J connectivity index is 0.000000500. The van der Waals surface area contributed by atoms with Crippen LogP contribution < -0.4 is 0 Å². The predicted octanol–water partition coefficient (Wildman–Crippen LogP) is 1.60. The Morgan fingerprint density at radius 2 is 1.79 bits per heavy atom. The molecule has 1 aromatic rings. The third-order valence-corrected chi connectivity index (χ3v) is 1.59. The summed E-state index contributed by atoms with van der Waals surface area (Å²) in [7, 11) is 0. The van der Waals surface area contributed by atoms with E-state index in [1.807, 2.05) is 0 Å². The van der Waals surface area contributed by atoms with Crippen LogP contribution in [0.1, 0.15) is 12.5 Å². The van der Waals surface area contributed by atoms with Gasteiger partial charge in [-0.2, -0.15) is 0 Å². The topological polar surface area (TPSA) is 57.5 Å². The van der Waals surface area contributed by atoms with Gasteiger partial charge in [0, 0.05) is 11.5 Å². The van der Waals surface area contributed by atoms with Crippen LogP contribution in [0.15, 0.2) is 29.2 Å². The van der Waals surface area contributed by atoms with E-state index in [1.54, 1.807) is 31.2 Å². The zero-order valence-electron chi connectivity index (χ0n) is 7.97. The molecule has 0 unspecified atom stereocenters. The van der Waals surface area contributed by atoms with E-state index in [9.17, 15) is 4.79 Å². The van der Waals surface area contributed by atoms with Crippen LogP contribution in [-0.2, 0) is 11.2 Å². The highest BCUT2D eigenvalue weighted by Gasteiger charge is 1.98. The second-order valence-electron chi connectivity index (χ2n) is 2.55. The molecule has 0 heterocycles. The quantitative estimate of drug-likeness (QED) is 0.655. The zero-order chi connectivity index (χ0) is 11.0. The van der Waals surface area contributed by atoms with Crippen LogP contribution in [0.25, 0.3) is 0 Å². The van der Waals surface area contributed by atoms with E-state index in [2.05, 4.69) is 12.6 Å². The maximum atomic E-state index is 10.2. The molecule has 1 rings (SSSR count). The number of aliphatic hydroxyl groups is 1. The zero-order valence-corrected chi connectivity index (χ0v) is 8.87. The molecule has 14 heavy (non-hydrogen) atoms. The Kier molecular flexibility index (Phi) is 6.88. The molecule has 0 spiro atoms. The molecule has 0 aliphatic rings. The molecule has 0 atom stereocenters. The van der Waals surface area contributed by atoms with Crippen molar-refractivity contribution in [3.63, 3.8) is 0 Å². The Bertz CT molecular complexity index is 269. The predicted molar refractivity (Wildman–Crippen MR) is 57.8 cm³/mol. The summed E-state index contributed by atoms with van der Waals surface area (Å²) >= 11 is 4.07. The molecule has 1 aromatic carbocycles. The molecule has 0 fully saturated rings. The summed E-state index contributed by atoms with van der Waals surface area (Å²) in [6.07, 6.45) is 0.0774. The molecule has 0 aromatic heterocycles. The molecule has 2 N–H and O–H groups in total. The molecule has 0 saturated carbocycles. The molecule has 3 nitrogen and oxygen atoms in total. The smallest absolute Gasteiger partial charge is 0.307 e. The highest BCUT2D eigenvalue weighted by molar-refractivity contribution is 7.80. The number of hydrogen-bond donors (Lipinski definition) is 3. The van der Waals surface area contributed by atoms with Crippen molar-refractivity contribution in [2.24, 2.45) is 0 Å². The largest absolute Gasteiger partial charge is 0.481 e. The third-order valence-electron chi connectivity index (χ3n) is 1.29. The fourth-order valence-electron chi connectivity index (χ4n) is 0.788. The van der Waals surface area contributed by atoms with E-state index in [1.165, 1.54) is 0 Å². The summed E-state index contributed by atoms with van der Waals surface area (Å²) in [5, 5.41) is 16.0. The Hall–Kier alpha value is -1.00. The van der Waals surface area contributed by atoms with Crippen LogP contribution >= 0.6 is 12.6 Å². The van der Waals surface area contributed by atoms with Gasteiger partial charge in [0.15, 0.2) is 0 Å². The minimum absolute atomic E-state index is 0.0774. The first-order valence-corrected chi connectivity index (χ1v) is 4.65. The average molecular weight is 214 g/mol. The highest BCUT2D eigenvalue weighted by atomic mass is 32.1. The molecule has 0 saturated heterocycles. The highest BCUT2D eigenvalue weighted by Crippen LogP contribution is 2.07. The van der Waals surface area contributed by atoms with Crippen LogP contribution in [0.2, 0.25) is 0 Å². The molecule has 0 radical (unpaired) electrons. The normalized spacial score (nSPS) is 8.79. The van der Waals surface area contributed by atoms with E-state index in [0.29, 0.717) is 0 Å². The molecule has 0 amide bonds. The van der Waals surface area contributed by atoms with Crippen molar-refractivity contribution in [3.8, 4) is 0 Å². The molecule has 0 aliphatic carbocycles. The van der Waals surface area contributed by atoms with Gasteiger partial charge in [0.25, 0.3) is 0 Å². The minimum Gasteiger partial charge on any atom is -0.481 e. The standard InChI is InChI=1S/C8H8O2S.C2H6O/c9-8(10)5-6-1-3-7(11)4-2-6;1-2-3/h1-4,11H,5H2,(H,9,10);3H,2H2,1H3. The van der Waals surface area contributed by atoms with Crippen LogP contribution in [0.4, 0.5) is 0 Å². The molecule has 0 aliphatic heterocycles. The van der Waals surface area contributed by atoms with Crippen molar-refractivity contribution < 1.29 is 15.0 Å². The van der Waals surface area contributed by atoms with Crippen LogP contribution in [-0.4, -0.2) is 22.8 Å². The Morgan fingerprint density at radius 1 is 1.36 bits per heavy atom. The lowest BCUT2D eigenvalue weighted by Crippen LogP contribution is -1.99. The van der Waals surface area contributed by atoms with Crippen LogP contribution in [0, 0.1) is 0 Å². The fourth-order valence-corrected chi connectivity index (χ4v) is 0.937. The first-order chi connectivity index (χ1) is 6.60. The van der Waals surface area contributed by atoms with Gasteiger partial charge < -0.3 is 10.2 Å². The minimum atomic E-state index is -0.808. The number of benzene rings is 1. The second kappa shape index (κ2) is 7.41. The van der Waals surface area contributed by atoms with Gasteiger partial charge in [0.1, 0.15) is 0 Å². The number of thiol groups is 1. The number of hydrogen-bond acceptors (Lipinski definition) is 3. The number of carbonyl (C=O) groups is 1. The number of aliphatic carboxylic acids is 1. The van der Waals surface area contributed by atoms with Gasteiger partial charge in [-0.3, -0.25) is 4.79 Å². The van der Waals surface area contributed by atoms with Gasteiger partial charge in [0.2, 0.25) is 0 Å². The average Bonchev–Trinajstić information content (AvgIpc) is 2.09. The molecule has 78 valence electrons. The SMILES string of the molecule is CCO.O=C(O)Cc1ccc(S)cc1.